The number of aliphatic hydroxyl groups is 1. The summed E-state index contributed by atoms with van der Waals surface area (Å²) in [5.74, 6) is -0.448. The molecular formula is C20H20N4O4S. The molecule has 1 fully saturated rings. The molecule has 2 amide bonds. The normalized spacial score (nSPS) is 16.7. The lowest BCUT2D eigenvalue weighted by molar-refractivity contribution is -0.0224. The number of aromatic nitrogens is 2. The number of carbonyl (C=O) groups is 2. The van der Waals surface area contributed by atoms with Crippen molar-refractivity contribution in [1.82, 2.24) is 20.2 Å². The maximum absolute atomic E-state index is 12.8. The fourth-order valence-electron chi connectivity index (χ4n) is 3.35. The van der Waals surface area contributed by atoms with Crippen LogP contribution in [0.25, 0.3) is 10.2 Å². The average Bonchev–Trinajstić information content (AvgIpc) is 3.17. The minimum Gasteiger partial charge on any atom is -0.395 e. The zero-order chi connectivity index (χ0) is 20.2. The monoisotopic (exact) mass is 412 g/mol. The van der Waals surface area contributed by atoms with Crippen LogP contribution in [0.4, 0.5) is 0 Å². The maximum Gasteiger partial charge on any atom is 0.272 e. The molecule has 1 saturated heterocycles. The van der Waals surface area contributed by atoms with E-state index in [0.29, 0.717) is 30.3 Å². The standard InChI is InChI=1S/C20H20N4O4S/c25-10-8-22-18(26)17-16(13-4-3-7-23-19(13)29-17)15-12-24(9-11-28-15)20(27)14-5-1-2-6-21-14/h1-7,15,25H,8-12H2,(H,22,26). The van der Waals surface area contributed by atoms with Crippen LogP contribution in [0.3, 0.4) is 0 Å². The Morgan fingerprint density at radius 2 is 2.10 bits per heavy atom. The average molecular weight is 412 g/mol. The van der Waals surface area contributed by atoms with Gasteiger partial charge in [0.25, 0.3) is 11.8 Å². The van der Waals surface area contributed by atoms with E-state index in [1.54, 1.807) is 35.5 Å². The maximum atomic E-state index is 12.8. The van der Waals surface area contributed by atoms with Crippen molar-refractivity contribution < 1.29 is 19.4 Å². The highest BCUT2D eigenvalue weighted by Gasteiger charge is 2.32. The first-order chi connectivity index (χ1) is 14.2. The van der Waals surface area contributed by atoms with E-state index in [1.165, 1.54) is 11.3 Å². The summed E-state index contributed by atoms with van der Waals surface area (Å²) in [5.41, 5.74) is 1.11. The molecular weight excluding hydrogens is 392 g/mol. The van der Waals surface area contributed by atoms with Crippen molar-refractivity contribution >= 4 is 33.4 Å². The fraction of sp³-hybridized carbons (Fsp3) is 0.300. The van der Waals surface area contributed by atoms with Crippen molar-refractivity contribution in [2.75, 3.05) is 32.8 Å². The number of hydrogen-bond acceptors (Lipinski definition) is 7. The van der Waals surface area contributed by atoms with Gasteiger partial charge in [-0.2, -0.15) is 0 Å². The Morgan fingerprint density at radius 3 is 2.90 bits per heavy atom. The lowest BCUT2D eigenvalue weighted by Gasteiger charge is -2.33. The third-order valence-corrected chi connectivity index (χ3v) is 5.80. The summed E-state index contributed by atoms with van der Waals surface area (Å²) in [6, 6.07) is 8.94. The molecule has 3 aromatic heterocycles. The molecule has 3 aromatic rings. The van der Waals surface area contributed by atoms with Crippen molar-refractivity contribution in [1.29, 1.82) is 0 Å². The van der Waals surface area contributed by atoms with Gasteiger partial charge in [0.1, 0.15) is 21.5 Å². The summed E-state index contributed by atoms with van der Waals surface area (Å²) in [7, 11) is 0. The number of ether oxygens (including phenoxy) is 1. The summed E-state index contributed by atoms with van der Waals surface area (Å²) >= 11 is 1.28. The van der Waals surface area contributed by atoms with Gasteiger partial charge in [-0.25, -0.2) is 4.98 Å². The molecule has 1 aliphatic heterocycles. The molecule has 0 saturated carbocycles. The second-order valence-electron chi connectivity index (χ2n) is 6.51. The molecule has 0 radical (unpaired) electrons. The largest absolute Gasteiger partial charge is 0.395 e. The van der Waals surface area contributed by atoms with Crippen LogP contribution in [-0.2, 0) is 4.74 Å². The van der Waals surface area contributed by atoms with Crippen LogP contribution in [0.1, 0.15) is 31.8 Å². The summed E-state index contributed by atoms with van der Waals surface area (Å²) in [6.45, 7) is 1.15. The molecule has 4 heterocycles. The predicted molar refractivity (Wildman–Crippen MR) is 108 cm³/mol. The smallest absolute Gasteiger partial charge is 0.272 e. The Morgan fingerprint density at radius 1 is 1.24 bits per heavy atom. The van der Waals surface area contributed by atoms with E-state index in [9.17, 15) is 9.59 Å². The van der Waals surface area contributed by atoms with Gasteiger partial charge < -0.3 is 20.1 Å². The third kappa shape index (κ3) is 3.98. The molecule has 0 aromatic carbocycles. The zero-order valence-corrected chi connectivity index (χ0v) is 16.4. The van der Waals surface area contributed by atoms with Gasteiger partial charge in [-0.05, 0) is 18.2 Å². The van der Waals surface area contributed by atoms with Crippen molar-refractivity contribution in [3.05, 3.63) is 58.9 Å². The predicted octanol–water partition coefficient (Wildman–Crippen LogP) is 1.63. The number of pyridine rings is 2. The van der Waals surface area contributed by atoms with Crippen molar-refractivity contribution in [3.8, 4) is 0 Å². The summed E-state index contributed by atoms with van der Waals surface area (Å²) in [6.07, 6.45) is 2.81. The van der Waals surface area contributed by atoms with Crippen LogP contribution in [0.5, 0.6) is 0 Å². The molecule has 4 rings (SSSR count). The molecule has 1 atom stereocenters. The van der Waals surface area contributed by atoms with Gasteiger partial charge in [-0.1, -0.05) is 12.1 Å². The number of hydrogen-bond donors (Lipinski definition) is 2. The van der Waals surface area contributed by atoms with E-state index in [-0.39, 0.29) is 25.0 Å². The highest BCUT2D eigenvalue weighted by atomic mass is 32.1. The molecule has 2 N–H and O–H groups in total. The molecule has 0 bridgehead atoms. The Hall–Kier alpha value is -2.88. The first-order valence-corrected chi connectivity index (χ1v) is 10.1. The molecule has 1 unspecified atom stereocenters. The Kier molecular flexibility index (Phi) is 5.79. The van der Waals surface area contributed by atoms with Gasteiger partial charge in [0.15, 0.2) is 0 Å². The van der Waals surface area contributed by atoms with E-state index in [1.807, 2.05) is 12.1 Å². The molecule has 150 valence electrons. The quantitative estimate of drug-likeness (QED) is 0.660. The lowest BCUT2D eigenvalue weighted by atomic mass is 10.0. The van der Waals surface area contributed by atoms with Crippen LogP contribution >= 0.6 is 11.3 Å². The van der Waals surface area contributed by atoms with E-state index in [2.05, 4.69) is 15.3 Å². The number of amides is 2. The number of rotatable bonds is 5. The Balaban J connectivity index is 1.66. The number of nitrogens with zero attached hydrogens (tertiary/aromatic N) is 3. The van der Waals surface area contributed by atoms with E-state index in [4.69, 9.17) is 9.84 Å². The number of morpholine rings is 1. The van der Waals surface area contributed by atoms with Crippen LogP contribution in [-0.4, -0.2) is 64.6 Å². The number of nitrogens with one attached hydrogen (secondary N) is 1. The van der Waals surface area contributed by atoms with Gasteiger partial charge in [0.2, 0.25) is 0 Å². The molecule has 0 aliphatic carbocycles. The summed E-state index contributed by atoms with van der Waals surface area (Å²) in [5, 5.41) is 12.6. The van der Waals surface area contributed by atoms with Crippen LogP contribution in [0.15, 0.2) is 42.7 Å². The van der Waals surface area contributed by atoms with E-state index >= 15 is 0 Å². The summed E-state index contributed by atoms with van der Waals surface area (Å²) < 4.78 is 5.98. The first kappa shape index (κ1) is 19.4. The highest BCUT2D eigenvalue weighted by Crippen LogP contribution is 2.37. The highest BCUT2D eigenvalue weighted by molar-refractivity contribution is 7.20. The van der Waals surface area contributed by atoms with Crippen LogP contribution in [0.2, 0.25) is 0 Å². The number of fused-ring (bicyclic) bond motifs is 1. The van der Waals surface area contributed by atoms with Crippen LogP contribution < -0.4 is 5.32 Å². The van der Waals surface area contributed by atoms with Crippen LogP contribution in [0, 0.1) is 0 Å². The van der Waals surface area contributed by atoms with Gasteiger partial charge in [0.05, 0.1) is 19.8 Å². The van der Waals surface area contributed by atoms with Crippen molar-refractivity contribution in [3.63, 3.8) is 0 Å². The molecule has 8 nitrogen and oxygen atoms in total. The van der Waals surface area contributed by atoms with Gasteiger partial charge >= 0.3 is 0 Å². The molecule has 29 heavy (non-hydrogen) atoms. The second kappa shape index (κ2) is 8.64. The topological polar surface area (TPSA) is 105 Å². The van der Waals surface area contributed by atoms with E-state index < -0.39 is 6.10 Å². The number of aliphatic hydroxyl groups excluding tert-OH is 1. The third-order valence-electron chi connectivity index (χ3n) is 4.67. The lowest BCUT2D eigenvalue weighted by Crippen LogP contribution is -2.43. The minimum atomic E-state index is -0.454. The second-order valence-corrected chi connectivity index (χ2v) is 7.51. The van der Waals surface area contributed by atoms with Gasteiger partial charge in [0, 0.05) is 36.4 Å². The zero-order valence-electron chi connectivity index (χ0n) is 15.6. The Labute approximate surface area is 171 Å². The van der Waals surface area contributed by atoms with Gasteiger partial charge in [-0.15, -0.1) is 11.3 Å². The number of thiophene rings is 1. The first-order valence-electron chi connectivity index (χ1n) is 9.27. The van der Waals surface area contributed by atoms with Gasteiger partial charge in [-0.3, -0.25) is 14.6 Å². The summed E-state index contributed by atoms with van der Waals surface area (Å²) in [4.78, 5) is 36.9. The fourth-order valence-corrected chi connectivity index (χ4v) is 4.46. The molecule has 9 heteroatoms. The molecule has 0 spiro atoms. The SMILES string of the molecule is O=C(NCCO)c1sc2ncccc2c1C1CN(C(=O)c2ccccn2)CCO1. The van der Waals surface area contributed by atoms with E-state index in [0.717, 1.165) is 15.8 Å². The number of carbonyl (C=O) groups excluding carboxylic acids is 2. The Bertz CT molecular complexity index is 1020. The van der Waals surface area contributed by atoms with Crippen molar-refractivity contribution in [2.24, 2.45) is 0 Å². The molecule has 1 aliphatic rings. The minimum absolute atomic E-state index is 0.142. The van der Waals surface area contributed by atoms with Crippen molar-refractivity contribution in [2.45, 2.75) is 6.10 Å².